The zero-order chi connectivity index (χ0) is 27.4. The van der Waals surface area contributed by atoms with E-state index in [9.17, 15) is 27.9 Å². The lowest BCUT2D eigenvalue weighted by atomic mass is 10.0. The highest BCUT2D eigenvalue weighted by Crippen LogP contribution is 2.21. The van der Waals surface area contributed by atoms with Crippen LogP contribution in [-0.4, -0.2) is 55.8 Å². The molecule has 2 amide bonds. The largest absolute Gasteiger partial charge is 0.477 e. The van der Waals surface area contributed by atoms with Gasteiger partial charge in [0.1, 0.15) is 5.70 Å². The fourth-order valence-electron chi connectivity index (χ4n) is 4.06. The van der Waals surface area contributed by atoms with Crippen molar-refractivity contribution in [2.75, 3.05) is 19.6 Å². The molecule has 0 bridgehead atoms. The van der Waals surface area contributed by atoms with E-state index in [1.165, 1.54) is 24.3 Å². The minimum absolute atomic E-state index is 0.0103. The minimum Gasteiger partial charge on any atom is -0.477 e. The Hall–Kier alpha value is -3.14. The average Bonchev–Trinajstić information content (AvgIpc) is 2.87. The number of hydrogen-bond donors (Lipinski definition) is 3. The van der Waals surface area contributed by atoms with E-state index in [0.29, 0.717) is 25.9 Å². The normalized spacial score (nSPS) is 13.7. The molecular weight excluding hydrogens is 494 g/mol. The number of carbonyl (C=O) groups is 3. The van der Waals surface area contributed by atoms with Crippen molar-refractivity contribution in [1.82, 2.24) is 14.9 Å². The highest BCUT2D eigenvalue weighted by Gasteiger charge is 2.27. The van der Waals surface area contributed by atoms with Gasteiger partial charge in [-0.15, -0.1) is 0 Å². The van der Waals surface area contributed by atoms with Crippen LogP contribution in [0.25, 0.3) is 0 Å². The van der Waals surface area contributed by atoms with Gasteiger partial charge in [0.25, 0.3) is 15.9 Å². The van der Waals surface area contributed by atoms with Crippen molar-refractivity contribution in [1.29, 1.82) is 0 Å². The molecule has 1 aliphatic rings. The summed E-state index contributed by atoms with van der Waals surface area (Å²) in [7, 11) is -4.12. The molecule has 0 saturated heterocycles. The number of sulfonamides is 1. The molecule has 3 N–H and O–H groups in total. The van der Waals surface area contributed by atoms with Gasteiger partial charge in [0, 0.05) is 31.6 Å². The van der Waals surface area contributed by atoms with Crippen LogP contribution in [0.1, 0.15) is 64.9 Å². The van der Waals surface area contributed by atoms with Crippen LogP contribution in [0.3, 0.4) is 0 Å². The van der Waals surface area contributed by atoms with Gasteiger partial charge in [0.15, 0.2) is 0 Å². The number of carboxylic acids is 1. The Morgan fingerprint density at radius 1 is 1.03 bits per heavy atom. The number of nitrogens with one attached hydrogen (secondary N) is 2. The molecular formula is C27H39N3O6S. The summed E-state index contributed by atoms with van der Waals surface area (Å²) in [5.74, 6) is -1.62. The van der Waals surface area contributed by atoms with Gasteiger partial charge < -0.3 is 15.3 Å². The van der Waals surface area contributed by atoms with Gasteiger partial charge in [-0.3, -0.25) is 9.59 Å². The summed E-state index contributed by atoms with van der Waals surface area (Å²) < 4.78 is 27.7. The highest BCUT2D eigenvalue weighted by atomic mass is 32.2. The van der Waals surface area contributed by atoms with Crippen LogP contribution in [0.4, 0.5) is 0 Å². The Labute approximate surface area is 220 Å². The molecule has 2 rings (SSSR count). The maximum atomic E-state index is 12.8. The number of allylic oxidation sites excluding steroid dienone is 2. The Bertz CT molecular complexity index is 1110. The van der Waals surface area contributed by atoms with Gasteiger partial charge in [-0.05, 0) is 48.6 Å². The van der Waals surface area contributed by atoms with E-state index in [0.717, 1.165) is 37.7 Å². The van der Waals surface area contributed by atoms with Crippen LogP contribution in [0.15, 0.2) is 52.6 Å². The minimum atomic E-state index is -4.12. The summed E-state index contributed by atoms with van der Waals surface area (Å²) in [6.07, 6.45) is 8.43. The molecule has 0 radical (unpaired) electrons. The van der Waals surface area contributed by atoms with E-state index < -0.39 is 21.9 Å². The van der Waals surface area contributed by atoms with Crippen LogP contribution in [0, 0.1) is 5.92 Å². The van der Waals surface area contributed by atoms with Crippen LogP contribution in [0.5, 0.6) is 0 Å². The van der Waals surface area contributed by atoms with Gasteiger partial charge in [-0.1, -0.05) is 58.6 Å². The second-order valence-electron chi connectivity index (χ2n) is 9.25. The molecule has 1 aromatic carbocycles. The van der Waals surface area contributed by atoms with Crippen molar-refractivity contribution in [2.45, 2.75) is 70.6 Å². The maximum Gasteiger partial charge on any atom is 0.352 e. The third-order valence-corrected chi connectivity index (χ3v) is 7.84. The van der Waals surface area contributed by atoms with Crippen LogP contribution in [-0.2, 0) is 30.8 Å². The predicted octanol–water partition coefficient (Wildman–Crippen LogP) is 3.38. The molecule has 204 valence electrons. The topological polar surface area (TPSA) is 133 Å². The van der Waals surface area contributed by atoms with Crippen molar-refractivity contribution < 1.29 is 27.9 Å². The van der Waals surface area contributed by atoms with Crippen molar-refractivity contribution >= 4 is 27.8 Å². The second-order valence-corrected chi connectivity index (χ2v) is 10.9. The molecule has 0 aliphatic carbocycles. The molecule has 9 nitrogen and oxygen atoms in total. The number of benzene rings is 1. The van der Waals surface area contributed by atoms with E-state index >= 15 is 0 Å². The number of aliphatic carboxylic acids is 1. The average molecular weight is 534 g/mol. The SMILES string of the molecule is CCCCCC(=O)NCCc1ccc(S(=O)(=O)NC(=O)C2=CC=C(C(=O)O)N(CC(CC)CC)C2)cc1. The molecule has 0 fully saturated rings. The second kappa shape index (κ2) is 14.6. The Morgan fingerprint density at radius 2 is 1.70 bits per heavy atom. The van der Waals surface area contributed by atoms with Crippen LogP contribution in [0.2, 0.25) is 0 Å². The molecule has 0 aromatic heterocycles. The van der Waals surface area contributed by atoms with E-state index in [1.807, 2.05) is 13.8 Å². The van der Waals surface area contributed by atoms with Gasteiger partial charge in [-0.2, -0.15) is 0 Å². The van der Waals surface area contributed by atoms with E-state index in [4.69, 9.17) is 0 Å². The summed E-state index contributed by atoms with van der Waals surface area (Å²) in [4.78, 5) is 37.8. The van der Waals surface area contributed by atoms with E-state index in [1.54, 1.807) is 17.0 Å². The fraction of sp³-hybridized carbons (Fsp3) is 0.519. The Balaban J connectivity index is 1.99. The number of unbranched alkanes of at least 4 members (excludes halogenated alkanes) is 2. The van der Waals surface area contributed by atoms with Crippen LogP contribution >= 0.6 is 0 Å². The van der Waals surface area contributed by atoms with E-state index in [2.05, 4.69) is 17.0 Å². The monoisotopic (exact) mass is 533 g/mol. The lowest BCUT2D eigenvalue weighted by molar-refractivity contribution is -0.134. The molecule has 1 aliphatic heterocycles. The molecule has 1 aromatic rings. The number of carboxylic acid groups (broad SMARTS) is 1. The van der Waals surface area contributed by atoms with Gasteiger partial charge >= 0.3 is 5.97 Å². The molecule has 0 spiro atoms. The van der Waals surface area contributed by atoms with Gasteiger partial charge in [-0.25, -0.2) is 17.9 Å². The zero-order valence-electron chi connectivity index (χ0n) is 22.0. The number of rotatable bonds is 15. The molecule has 37 heavy (non-hydrogen) atoms. The zero-order valence-corrected chi connectivity index (χ0v) is 22.8. The number of hydrogen-bond acceptors (Lipinski definition) is 6. The number of carbonyl (C=O) groups excluding carboxylic acids is 2. The predicted molar refractivity (Wildman–Crippen MR) is 142 cm³/mol. The summed E-state index contributed by atoms with van der Waals surface area (Å²) in [6.45, 7) is 7.06. The highest BCUT2D eigenvalue weighted by molar-refractivity contribution is 7.90. The smallest absolute Gasteiger partial charge is 0.352 e. The fourth-order valence-corrected chi connectivity index (χ4v) is 5.04. The third-order valence-electron chi connectivity index (χ3n) is 6.49. The molecule has 0 saturated carbocycles. The lowest BCUT2D eigenvalue weighted by Crippen LogP contribution is -2.40. The first-order valence-corrected chi connectivity index (χ1v) is 14.4. The van der Waals surface area contributed by atoms with Crippen LogP contribution < -0.4 is 10.0 Å². The van der Waals surface area contributed by atoms with Crippen molar-refractivity contribution in [3.05, 3.63) is 53.3 Å². The Kier molecular flexibility index (Phi) is 11.8. The van der Waals surface area contributed by atoms with Gasteiger partial charge in [0.05, 0.1) is 4.90 Å². The summed E-state index contributed by atoms with van der Waals surface area (Å²) in [5.41, 5.74) is 1.11. The first-order valence-electron chi connectivity index (χ1n) is 12.9. The molecule has 0 atom stereocenters. The first-order chi connectivity index (χ1) is 17.6. The van der Waals surface area contributed by atoms with Crippen molar-refractivity contribution in [3.63, 3.8) is 0 Å². The third kappa shape index (κ3) is 9.35. The molecule has 1 heterocycles. The first kappa shape index (κ1) is 30.1. The molecule has 0 unspecified atom stereocenters. The Morgan fingerprint density at radius 3 is 2.30 bits per heavy atom. The lowest BCUT2D eigenvalue weighted by Gasteiger charge is -2.31. The molecule has 10 heteroatoms. The quantitative estimate of drug-likeness (QED) is 0.294. The number of nitrogens with zero attached hydrogens (tertiary/aromatic N) is 1. The standard InChI is InChI=1S/C27H39N3O6S/c1-4-7-8-9-25(31)28-17-16-21-10-13-23(14-11-21)37(35,36)29-26(32)22-12-15-24(27(33)34)30(19-22)18-20(5-2)6-3/h10-15,20H,4-9,16-19H2,1-3H3,(H,28,31)(H,29,32)(H,33,34). The number of amides is 2. The van der Waals surface area contributed by atoms with Gasteiger partial charge in [0.2, 0.25) is 5.91 Å². The maximum absolute atomic E-state index is 12.8. The van der Waals surface area contributed by atoms with E-state index in [-0.39, 0.29) is 34.5 Å². The van der Waals surface area contributed by atoms with Crippen molar-refractivity contribution in [3.8, 4) is 0 Å². The van der Waals surface area contributed by atoms with Crippen molar-refractivity contribution in [2.24, 2.45) is 5.92 Å². The summed E-state index contributed by atoms with van der Waals surface area (Å²) in [6, 6.07) is 6.15. The summed E-state index contributed by atoms with van der Waals surface area (Å²) >= 11 is 0. The summed E-state index contributed by atoms with van der Waals surface area (Å²) in [5, 5.41) is 12.4.